The molecule has 1 aromatic heterocycles. The molecule has 5 heteroatoms. The van der Waals surface area contributed by atoms with Gasteiger partial charge in [-0.15, -0.1) is 0 Å². The molecule has 0 atom stereocenters. The topological polar surface area (TPSA) is 68.5 Å². The highest BCUT2D eigenvalue weighted by Crippen LogP contribution is 2.25. The fourth-order valence-corrected chi connectivity index (χ4v) is 2.87. The maximum absolute atomic E-state index is 12.2. The van der Waals surface area contributed by atoms with E-state index in [1.165, 1.54) is 5.56 Å². The summed E-state index contributed by atoms with van der Waals surface area (Å²) in [5, 5.41) is 3.66. The molecular formula is C22H23NO4. The Morgan fingerprint density at radius 3 is 2.52 bits per heavy atom. The summed E-state index contributed by atoms with van der Waals surface area (Å²) in [6.07, 6.45) is 1.09. The predicted octanol–water partition coefficient (Wildman–Crippen LogP) is 3.96. The number of furan rings is 1. The van der Waals surface area contributed by atoms with Crippen molar-refractivity contribution in [2.24, 2.45) is 0 Å². The number of para-hydroxylation sites is 1. The lowest BCUT2D eigenvalue weighted by atomic mass is 10.1. The Bertz CT molecular complexity index is 941. The maximum atomic E-state index is 12.2. The van der Waals surface area contributed by atoms with Gasteiger partial charge in [0, 0.05) is 17.4 Å². The van der Waals surface area contributed by atoms with Gasteiger partial charge >= 0.3 is 5.97 Å². The SMILES string of the molecule is Cc1ccc(CCC(=O)NCCOC(=O)c2oc3ccccc3c2C)cc1. The first-order chi connectivity index (χ1) is 13.0. The molecule has 0 aliphatic rings. The summed E-state index contributed by atoms with van der Waals surface area (Å²) >= 11 is 0. The molecule has 2 aromatic carbocycles. The molecule has 3 aromatic rings. The molecule has 3 rings (SSSR count). The molecule has 140 valence electrons. The van der Waals surface area contributed by atoms with E-state index >= 15 is 0 Å². The second-order valence-corrected chi connectivity index (χ2v) is 6.52. The van der Waals surface area contributed by atoms with E-state index in [-0.39, 0.29) is 24.8 Å². The van der Waals surface area contributed by atoms with Crippen LogP contribution in [0.25, 0.3) is 11.0 Å². The Morgan fingerprint density at radius 1 is 1.04 bits per heavy atom. The van der Waals surface area contributed by atoms with Gasteiger partial charge in [-0.2, -0.15) is 0 Å². The van der Waals surface area contributed by atoms with Crippen molar-refractivity contribution in [2.45, 2.75) is 26.7 Å². The van der Waals surface area contributed by atoms with Crippen molar-refractivity contribution in [3.63, 3.8) is 0 Å². The van der Waals surface area contributed by atoms with Crippen LogP contribution in [-0.4, -0.2) is 25.0 Å². The van der Waals surface area contributed by atoms with E-state index < -0.39 is 5.97 Å². The number of nitrogens with one attached hydrogen (secondary N) is 1. The molecule has 0 aliphatic carbocycles. The molecule has 5 nitrogen and oxygen atoms in total. The number of amides is 1. The van der Waals surface area contributed by atoms with E-state index in [4.69, 9.17) is 9.15 Å². The third-order valence-corrected chi connectivity index (χ3v) is 4.45. The van der Waals surface area contributed by atoms with Gasteiger partial charge in [-0.05, 0) is 31.9 Å². The summed E-state index contributed by atoms with van der Waals surface area (Å²) < 4.78 is 10.8. The van der Waals surface area contributed by atoms with Crippen molar-refractivity contribution in [2.75, 3.05) is 13.2 Å². The average Bonchev–Trinajstić information content (AvgIpc) is 3.02. The van der Waals surface area contributed by atoms with Crippen molar-refractivity contribution in [3.05, 3.63) is 71.0 Å². The zero-order valence-corrected chi connectivity index (χ0v) is 15.6. The van der Waals surface area contributed by atoms with Crippen LogP contribution in [0.2, 0.25) is 0 Å². The predicted molar refractivity (Wildman–Crippen MR) is 104 cm³/mol. The number of benzene rings is 2. The second-order valence-electron chi connectivity index (χ2n) is 6.52. The highest BCUT2D eigenvalue weighted by molar-refractivity contribution is 5.95. The molecule has 1 amide bonds. The van der Waals surface area contributed by atoms with Gasteiger partial charge in [0.25, 0.3) is 0 Å². The Labute approximate surface area is 158 Å². The standard InChI is InChI=1S/C22H23NO4/c1-15-7-9-17(10-8-15)11-12-20(24)23-13-14-26-22(25)21-16(2)18-5-3-4-6-19(18)27-21/h3-10H,11-14H2,1-2H3,(H,23,24). The molecule has 1 N–H and O–H groups in total. The van der Waals surface area contributed by atoms with Crippen molar-refractivity contribution < 1.29 is 18.7 Å². The van der Waals surface area contributed by atoms with Crippen LogP contribution >= 0.6 is 0 Å². The van der Waals surface area contributed by atoms with Crippen LogP contribution in [0, 0.1) is 13.8 Å². The number of aryl methyl sites for hydroxylation is 3. The number of rotatable bonds is 7. The van der Waals surface area contributed by atoms with Crippen molar-refractivity contribution >= 4 is 22.8 Å². The van der Waals surface area contributed by atoms with E-state index in [2.05, 4.69) is 5.32 Å². The Hall–Kier alpha value is -3.08. The number of hydrogen-bond donors (Lipinski definition) is 1. The maximum Gasteiger partial charge on any atom is 0.374 e. The smallest absolute Gasteiger partial charge is 0.374 e. The highest BCUT2D eigenvalue weighted by Gasteiger charge is 2.18. The van der Waals surface area contributed by atoms with Crippen molar-refractivity contribution in [1.29, 1.82) is 0 Å². The third kappa shape index (κ3) is 4.76. The quantitative estimate of drug-likeness (QED) is 0.508. The number of esters is 1. The third-order valence-electron chi connectivity index (χ3n) is 4.45. The summed E-state index contributed by atoms with van der Waals surface area (Å²) in [5.74, 6) is -0.369. The number of carbonyl (C=O) groups excluding carboxylic acids is 2. The molecule has 27 heavy (non-hydrogen) atoms. The fraction of sp³-hybridized carbons (Fsp3) is 0.273. The minimum atomic E-state index is -0.516. The van der Waals surface area contributed by atoms with E-state index in [0.29, 0.717) is 18.4 Å². The zero-order chi connectivity index (χ0) is 19.2. The molecule has 1 heterocycles. The molecule has 0 fully saturated rings. The molecular weight excluding hydrogens is 342 g/mol. The lowest BCUT2D eigenvalue weighted by Crippen LogP contribution is -2.28. The first kappa shape index (κ1) is 18.7. The van der Waals surface area contributed by atoms with Gasteiger partial charge in [0.15, 0.2) is 0 Å². The summed E-state index contributed by atoms with van der Waals surface area (Å²) in [6.45, 7) is 4.24. The normalized spacial score (nSPS) is 10.7. The van der Waals surface area contributed by atoms with E-state index in [1.807, 2.05) is 62.4 Å². The molecule has 0 saturated carbocycles. The molecule has 0 spiro atoms. The van der Waals surface area contributed by atoms with Crippen LogP contribution < -0.4 is 5.32 Å². The van der Waals surface area contributed by atoms with Gasteiger partial charge in [0.2, 0.25) is 11.7 Å². The zero-order valence-electron chi connectivity index (χ0n) is 15.6. The van der Waals surface area contributed by atoms with Gasteiger partial charge < -0.3 is 14.5 Å². The van der Waals surface area contributed by atoms with Crippen LogP contribution in [0.1, 0.15) is 33.7 Å². The minimum absolute atomic E-state index is 0.0634. The Kier molecular flexibility index (Phi) is 5.91. The molecule has 0 aliphatic heterocycles. The summed E-state index contributed by atoms with van der Waals surface area (Å²) in [5.41, 5.74) is 3.75. The fourth-order valence-electron chi connectivity index (χ4n) is 2.87. The van der Waals surface area contributed by atoms with E-state index in [9.17, 15) is 9.59 Å². The van der Waals surface area contributed by atoms with E-state index in [0.717, 1.165) is 16.5 Å². The monoisotopic (exact) mass is 365 g/mol. The lowest BCUT2D eigenvalue weighted by Gasteiger charge is -2.06. The Balaban J connectivity index is 1.41. The minimum Gasteiger partial charge on any atom is -0.458 e. The number of fused-ring (bicyclic) bond motifs is 1. The van der Waals surface area contributed by atoms with Crippen LogP contribution in [0.5, 0.6) is 0 Å². The number of hydrogen-bond acceptors (Lipinski definition) is 4. The molecule has 0 bridgehead atoms. The second kappa shape index (κ2) is 8.54. The molecule has 0 radical (unpaired) electrons. The summed E-state index contributed by atoms with van der Waals surface area (Å²) in [6, 6.07) is 15.6. The van der Waals surface area contributed by atoms with Crippen LogP contribution in [0.3, 0.4) is 0 Å². The molecule has 0 unspecified atom stereocenters. The largest absolute Gasteiger partial charge is 0.458 e. The van der Waals surface area contributed by atoms with Crippen molar-refractivity contribution in [1.82, 2.24) is 5.32 Å². The molecule has 0 saturated heterocycles. The van der Waals surface area contributed by atoms with Gasteiger partial charge in [-0.1, -0.05) is 48.0 Å². The van der Waals surface area contributed by atoms with Gasteiger partial charge in [-0.3, -0.25) is 4.79 Å². The number of carbonyl (C=O) groups is 2. The van der Waals surface area contributed by atoms with Crippen LogP contribution in [0.15, 0.2) is 52.9 Å². The highest BCUT2D eigenvalue weighted by atomic mass is 16.5. The first-order valence-corrected chi connectivity index (χ1v) is 9.02. The van der Waals surface area contributed by atoms with Crippen LogP contribution in [0.4, 0.5) is 0 Å². The average molecular weight is 365 g/mol. The van der Waals surface area contributed by atoms with Crippen molar-refractivity contribution in [3.8, 4) is 0 Å². The van der Waals surface area contributed by atoms with Gasteiger partial charge in [0.05, 0.1) is 6.54 Å². The van der Waals surface area contributed by atoms with Crippen LogP contribution in [-0.2, 0) is 16.0 Å². The van der Waals surface area contributed by atoms with E-state index in [1.54, 1.807) is 0 Å². The first-order valence-electron chi connectivity index (χ1n) is 9.02. The summed E-state index contributed by atoms with van der Waals surface area (Å²) in [4.78, 5) is 24.1. The number of ether oxygens (including phenoxy) is 1. The van der Waals surface area contributed by atoms with Gasteiger partial charge in [0.1, 0.15) is 12.2 Å². The Morgan fingerprint density at radius 2 is 1.78 bits per heavy atom. The van der Waals surface area contributed by atoms with Gasteiger partial charge in [-0.25, -0.2) is 4.79 Å². The summed E-state index contributed by atoms with van der Waals surface area (Å²) in [7, 11) is 0. The lowest BCUT2D eigenvalue weighted by molar-refractivity contribution is -0.121.